The molecule has 3 rings (SSSR count). The number of aromatic nitrogens is 2. The third-order valence-electron chi connectivity index (χ3n) is 5.50. The second kappa shape index (κ2) is 8.93. The van der Waals surface area contributed by atoms with E-state index < -0.39 is 0 Å². The van der Waals surface area contributed by atoms with Gasteiger partial charge in [0, 0.05) is 37.3 Å². The maximum absolute atomic E-state index is 5.66. The van der Waals surface area contributed by atoms with Gasteiger partial charge in [-0.05, 0) is 31.9 Å². The van der Waals surface area contributed by atoms with Crippen molar-refractivity contribution in [1.82, 2.24) is 20.4 Å². The molecule has 0 bridgehead atoms. The lowest BCUT2D eigenvalue weighted by Gasteiger charge is -2.32. The second-order valence-corrected chi connectivity index (χ2v) is 7.18. The Hall–Kier alpha value is -2.50. The van der Waals surface area contributed by atoms with Crippen LogP contribution in [0.1, 0.15) is 43.9 Å². The summed E-state index contributed by atoms with van der Waals surface area (Å²) in [4.78, 5) is 4.75. The zero-order valence-electron chi connectivity index (χ0n) is 16.7. The van der Waals surface area contributed by atoms with Crippen LogP contribution >= 0.6 is 0 Å². The standard InChI is InChI=1S/C21H31N5O/c1-4-22-20(23-15-17-11-14-25-26(17)2)24-16-21(12-7-8-13-21)18-9-5-6-10-19(18)27-3/h5-6,9-11,14H,4,7-8,12-13,15-16H2,1-3H3,(H2,22,23,24). The van der Waals surface area contributed by atoms with Gasteiger partial charge in [-0.25, -0.2) is 4.99 Å². The highest BCUT2D eigenvalue weighted by Gasteiger charge is 2.37. The minimum absolute atomic E-state index is 0.0926. The number of nitrogens with one attached hydrogen (secondary N) is 2. The number of nitrogens with zero attached hydrogens (tertiary/aromatic N) is 3. The van der Waals surface area contributed by atoms with Crippen LogP contribution in [0.4, 0.5) is 0 Å². The van der Waals surface area contributed by atoms with E-state index in [-0.39, 0.29) is 5.41 Å². The molecule has 1 heterocycles. The lowest BCUT2D eigenvalue weighted by Crippen LogP contribution is -2.44. The van der Waals surface area contributed by atoms with Crippen molar-refractivity contribution in [2.75, 3.05) is 20.2 Å². The Bertz CT molecular complexity index is 761. The average molecular weight is 370 g/mol. The van der Waals surface area contributed by atoms with Gasteiger partial charge < -0.3 is 15.4 Å². The van der Waals surface area contributed by atoms with E-state index in [1.807, 2.05) is 23.9 Å². The predicted octanol–water partition coefficient (Wildman–Crippen LogP) is 3.00. The Balaban J connectivity index is 1.76. The fourth-order valence-electron chi connectivity index (χ4n) is 3.99. The molecule has 1 saturated carbocycles. The van der Waals surface area contributed by atoms with Gasteiger partial charge in [0.1, 0.15) is 5.75 Å². The van der Waals surface area contributed by atoms with Crippen LogP contribution in [0.25, 0.3) is 0 Å². The zero-order chi connectivity index (χ0) is 19.1. The number of methoxy groups -OCH3 is 1. The van der Waals surface area contributed by atoms with E-state index in [0.717, 1.165) is 30.5 Å². The van der Waals surface area contributed by atoms with Crippen LogP contribution < -0.4 is 15.4 Å². The number of benzene rings is 1. The summed E-state index contributed by atoms with van der Waals surface area (Å²) >= 11 is 0. The van der Waals surface area contributed by atoms with Gasteiger partial charge >= 0.3 is 0 Å². The Morgan fingerprint density at radius 1 is 1.22 bits per heavy atom. The summed E-state index contributed by atoms with van der Waals surface area (Å²) in [6, 6.07) is 10.4. The minimum Gasteiger partial charge on any atom is -0.496 e. The van der Waals surface area contributed by atoms with Crippen LogP contribution in [0.3, 0.4) is 0 Å². The van der Waals surface area contributed by atoms with Gasteiger partial charge in [-0.2, -0.15) is 5.10 Å². The molecular weight excluding hydrogens is 338 g/mol. The van der Waals surface area contributed by atoms with Crippen LogP contribution in [0.2, 0.25) is 0 Å². The van der Waals surface area contributed by atoms with Crippen molar-refractivity contribution < 1.29 is 4.74 Å². The first-order chi connectivity index (χ1) is 13.2. The summed E-state index contributed by atoms with van der Waals surface area (Å²) in [5.41, 5.74) is 2.49. The third-order valence-corrected chi connectivity index (χ3v) is 5.50. The molecule has 1 aromatic carbocycles. The summed E-state index contributed by atoms with van der Waals surface area (Å²) in [5, 5.41) is 11.2. The molecule has 0 spiro atoms. The Morgan fingerprint density at radius 2 is 2.00 bits per heavy atom. The summed E-state index contributed by atoms with van der Waals surface area (Å²) < 4.78 is 7.52. The highest BCUT2D eigenvalue weighted by Crippen LogP contribution is 2.44. The number of hydrogen-bond donors (Lipinski definition) is 2. The Labute approximate surface area is 162 Å². The highest BCUT2D eigenvalue weighted by molar-refractivity contribution is 5.79. The highest BCUT2D eigenvalue weighted by atomic mass is 16.5. The van der Waals surface area contributed by atoms with E-state index >= 15 is 0 Å². The minimum atomic E-state index is 0.0926. The number of rotatable bonds is 7. The molecule has 146 valence electrons. The SMILES string of the molecule is CCNC(=NCc1ccnn1C)NCC1(c2ccccc2OC)CCCC1. The molecule has 1 aromatic heterocycles. The number of aryl methyl sites for hydroxylation is 1. The molecule has 0 unspecified atom stereocenters. The third kappa shape index (κ3) is 4.43. The van der Waals surface area contributed by atoms with Gasteiger partial charge in [0.25, 0.3) is 0 Å². The largest absolute Gasteiger partial charge is 0.496 e. The number of hydrogen-bond acceptors (Lipinski definition) is 3. The van der Waals surface area contributed by atoms with Gasteiger partial charge in [-0.15, -0.1) is 0 Å². The van der Waals surface area contributed by atoms with Crippen molar-refractivity contribution in [3.05, 3.63) is 47.8 Å². The van der Waals surface area contributed by atoms with E-state index in [2.05, 4.69) is 40.9 Å². The molecule has 0 aliphatic heterocycles. The van der Waals surface area contributed by atoms with Gasteiger partial charge in [-0.3, -0.25) is 4.68 Å². The maximum atomic E-state index is 5.66. The molecule has 6 heteroatoms. The quantitative estimate of drug-likeness (QED) is 0.582. The summed E-state index contributed by atoms with van der Waals surface area (Å²) in [6.45, 7) is 4.38. The molecule has 2 aromatic rings. The lowest BCUT2D eigenvalue weighted by molar-refractivity contribution is 0.371. The second-order valence-electron chi connectivity index (χ2n) is 7.18. The van der Waals surface area contributed by atoms with Crippen molar-refractivity contribution in [3.8, 4) is 5.75 Å². The average Bonchev–Trinajstić information content (AvgIpc) is 3.34. The Kier molecular flexibility index (Phi) is 6.37. The number of aliphatic imine (C=N–C) groups is 1. The first-order valence-corrected chi connectivity index (χ1v) is 9.81. The molecule has 2 N–H and O–H groups in total. The van der Waals surface area contributed by atoms with Crippen LogP contribution in [-0.2, 0) is 19.0 Å². The van der Waals surface area contributed by atoms with Crippen molar-refractivity contribution in [3.63, 3.8) is 0 Å². The van der Waals surface area contributed by atoms with E-state index in [9.17, 15) is 0 Å². The van der Waals surface area contributed by atoms with E-state index in [4.69, 9.17) is 9.73 Å². The van der Waals surface area contributed by atoms with Crippen molar-refractivity contribution >= 4 is 5.96 Å². The Morgan fingerprint density at radius 3 is 2.67 bits per heavy atom. The number of guanidine groups is 1. The normalized spacial score (nSPS) is 16.3. The van der Waals surface area contributed by atoms with Crippen molar-refractivity contribution in [1.29, 1.82) is 0 Å². The number of ether oxygens (including phenoxy) is 1. The van der Waals surface area contributed by atoms with Crippen molar-refractivity contribution in [2.45, 2.75) is 44.6 Å². The molecular formula is C21H31N5O. The van der Waals surface area contributed by atoms with Crippen LogP contribution in [0, 0.1) is 0 Å². The van der Waals surface area contributed by atoms with Gasteiger partial charge in [-0.1, -0.05) is 31.0 Å². The first-order valence-electron chi connectivity index (χ1n) is 9.81. The smallest absolute Gasteiger partial charge is 0.191 e. The molecule has 0 atom stereocenters. The van der Waals surface area contributed by atoms with Gasteiger partial charge in [0.15, 0.2) is 5.96 Å². The molecule has 1 fully saturated rings. The lowest BCUT2D eigenvalue weighted by atomic mass is 9.78. The summed E-state index contributed by atoms with van der Waals surface area (Å²) in [5.74, 6) is 1.83. The van der Waals surface area contributed by atoms with Crippen molar-refractivity contribution in [2.24, 2.45) is 12.0 Å². The number of para-hydroxylation sites is 1. The predicted molar refractivity (Wildman–Crippen MR) is 109 cm³/mol. The van der Waals surface area contributed by atoms with Crippen LogP contribution in [-0.4, -0.2) is 35.9 Å². The first kappa shape index (κ1) is 19.3. The molecule has 0 amide bonds. The fraction of sp³-hybridized carbons (Fsp3) is 0.524. The maximum Gasteiger partial charge on any atom is 0.191 e. The molecule has 0 radical (unpaired) electrons. The molecule has 27 heavy (non-hydrogen) atoms. The monoisotopic (exact) mass is 369 g/mol. The summed E-state index contributed by atoms with van der Waals surface area (Å²) in [7, 11) is 3.70. The fourth-order valence-corrected chi connectivity index (χ4v) is 3.99. The van der Waals surface area contributed by atoms with Gasteiger partial charge in [0.2, 0.25) is 0 Å². The van der Waals surface area contributed by atoms with E-state index in [1.165, 1.54) is 31.2 Å². The summed E-state index contributed by atoms with van der Waals surface area (Å²) in [6.07, 6.45) is 6.65. The molecule has 1 aliphatic rings. The molecule has 1 aliphatic carbocycles. The van der Waals surface area contributed by atoms with Crippen LogP contribution in [0.5, 0.6) is 5.75 Å². The molecule has 0 saturated heterocycles. The molecule has 6 nitrogen and oxygen atoms in total. The van der Waals surface area contributed by atoms with E-state index in [1.54, 1.807) is 13.3 Å². The zero-order valence-corrected chi connectivity index (χ0v) is 16.7. The van der Waals surface area contributed by atoms with Gasteiger partial charge in [0.05, 0.1) is 19.3 Å². The van der Waals surface area contributed by atoms with Crippen LogP contribution in [0.15, 0.2) is 41.5 Å². The van der Waals surface area contributed by atoms with E-state index in [0.29, 0.717) is 6.54 Å². The topological polar surface area (TPSA) is 63.5 Å².